The second-order valence-corrected chi connectivity index (χ2v) is 15.7. The van der Waals surface area contributed by atoms with Gasteiger partial charge in [0, 0.05) is 28.0 Å². The molecule has 6 aromatic rings. The molecule has 0 heterocycles. The Kier molecular flexibility index (Phi) is 10.9. The first kappa shape index (κ1) is 40.0. The zero-order valence-corrected chi connectivity index (χ0v) is 32.3. The number of alkyl halides is 6. The van der Waals surface area contributed by atoms with Crippen molar-refractivity contribution >= 4 is 46.1 Å². The lowest BCUT2D eigenvalue weighted by Crippen LogP contribution is -2.24. The minimum atomic E-state index is -4.76. The molecule has 6 aromatic carbocycles. The summed E-state index contributed by atoms with van der Waals surface area (Å²) in [5, 5.41) is 5.42. The number of hydrogen-bond acceptors (Lipinski definition) is 6. The number of benzene rings is 6. The van der Waals surface area contributed by atoms with Gasteiger partial charge in [-0.05, 0) is 103 Å². The lowest BCUT2D eigenvalue weighted by molar-refractivity contribution is -0.137. The molecule has 0 aliphatic heterocycles. The summed E-state index contributed by atoms with van der Waals surface area (Å²) in [6.07, 6.45) is -4.91. The fourth-order valence-electron chi connectivity index (χ4n) is 7.97. The predicted octanol–water partition coefficient (Wildman–Crippen LogP) is 13.5. The molecule has 2 aliphatic rings. The van der Waals surface area contributed by atoms with Gasteiger partial charge in [0.25, 0.3) is 0 Å². The second kappa shape index (κ2) is 16.1. The van der Waals surface area contributed by atoms with Gasteiger partial charge in [0.05, 0.1) is 51.1 Å². The number of methoxy groups -OCH3 is 1. The number of nitrogens with one attached hydrogen (secondary N) is 2. The molecule has 12 heteroatoms. The summed E-state index contributed by atoms with van der Waals surface area (Å²) < 4.78 is 89.9. The van der Waals surface area contributed by atoms with Gasteiger partial charge >= 0.3 is 12.4 Å². The number of carbonyl (C=O) groups excluding carboxylic acids is 2. The van der Waals surface area contributed by atoms with E-state index in [1.807, 2.05) is 24.3 Å². The molecule has 300 valence electrons. The molecular weight excluding hydrogens is 787 g/mol. The van der Waals surface area contributed by atoms with E-state index in [1.54, 1.807) is 19.2 Å². The number of ether oxygens (including phenoxy) is 1. The second-order valence-electron chi connectivity index (χ2n) is 14.5. The third-order valence-electron chi connectivity index (χ3n) is 11.0. The van der Waals surface area contributed by atoms with Crippen molar-refractivity contribution in [3.63, 3.8) is 0 Å². The van der Waals surface area contributed by atoms with Crippen LogP contribution in [0.15, 0.2) is 137 Å². The van der Waals surface area contributed by atoms with Gasteiger partial charge in [-0.2, -0.15) is 26.3 Å². The molecule has 0 bridgehead atoms. The molecule has 0 radical (unpaired) electrons. The molecule has 0 spiro atoms. The van der Waals surface area contributed by atoms with Crippen molar-refractivity contribution in [2.45, 2.75) is 59.8 Å². The van der Waals surface area contributed by atoms with Crippen LogP contribution >= 0.6 is 11.8 Å². The summed E-state index contributed by atoms with van der Waals surface area (Å²) in [5.41, 5.74) is -0.145. The van der Waals surface area contributed by atoms with E-state index in [4.69, 9.17) is 4.74 Å². The monoisotopic (exact) mass is 822 g/mol. The van der Waals surface area contributed by atoms with Crippen molar-refractivity contribution in [2.24, 2.45) is 0 Å². The normalized spacial score (nSPS) is 16.7. The molecule has 2 aliphatic carbocycles. The number of ketones is 2. The van der Waals surface area contributed by atoms with Gasteiger partial charge in [0.2, 0.25) is 0 Å². The van der Waals surface area contributed by atoms with E-state index in [-0.39, 0.29) is 45.0 Å². The number of rotatable bonds is 9. The molecule has 0 unspecified atom stereocenters. The van der Waals surface area contributed by atoms with Crippen LogP contribution in [0.2, 0.25) is 0 Å². The van der Waals surface area contributed by atoms with Gasteiger partial charge in [-0.15, -0.1) is 0 Å². The maximum atomic E-state index is 14.8. The largest absolute Gasteiger partial charge is 0.418 e. The van der Waals surface area contributed by atoms with Gasteiger partial charge in [0.1, 0.15) is 0 Å². The molecular formula is C47H36F6N2O3S. The number of fused-ring (bicyclic) bond motifs is 2. The zero-order valence-electron chi connectivity index (χ0n) is 31.5. The molecule has 0 saturated heterocycles. The highest BCUT2D eigenvalue weighted by Gasteiger charge is 2.39. The summed E-state index contributed by atoms with van der Waals surface area (Å²) in [4.78, 5) is 30.4. The Hall–Kier alpha value is -5.85. The van der Waals surface area contributed by atoms with Crippen molar-refractivity contribution < 1.29 is 40.7 Å². The van der Waals surface area contributed by atoms with Crippen LogP contribution < -0.4 is 10.6 Å². The smallest absolute Gasteiger partial charge is 0.381 e. The Bertz CT molecular complexity index is 2540. The number of anilines is 4. The van der Waals surface area contributed by atoms with Gasteiger partial charge < -0.3 is 15.4 Å². The minimum absolute atomic E-state index is 0.0138. The van der Waals surface area contributed by atoms with Crippen LogP contribution in [0.3, 0.4) is 0 Å². The van der Waals surface area contributed by atoms with Crippen molar-refractivity contribution in [1.82, 2.24) is 0 Å². The molecule has 59 heavy (non-hydrogen) atoms. The van der Waals surface area contributed by atoms with E-state index in [1.165, 1.54) is 71.9 Å². The number of hydrogen-bond donors (Lipinski definition) is 2. The average molecular weight is 823 g/mol. The standard InChI is InChI=1S/C47H36F6N2O3S/c1-58-31-21-17-29(18-22-31)27-13-15-28(16-14-27)30-19-23-32(24-20-30)59-40-12-6-7-33-41(40)45(57)43-39(55-37-11-5-3-9-35(37)47(51,52)53)26-25-38(42(43)44(33)56)54-36-10-4-2-8-34(36)46(48,49)50/h2-16,19-20,23-26,29,31,54-55H,17-18,21-22H2,1H3. The van der Waals surface area contributed by atoms with Crippen molar-refractivity contribution in [3.05, 3.63) is 166 Å². The maximum absolute atomic E-state index is 14.8. The van der Waals surface area contributed by atoms with Crippen LogP contribution in [0.1, 0.15) is 80.1 Å². The topological polar surface area (TPSA) is 67.4 Å². The van der Waals surface area contributed by atoms with Gasteiger partial charge in [-0.1, -0.05) is 84.6 Å². The lowest BCUT2D eigenvalue weighted by atomic mass is 9.82. The fraction of sp³-hybridized carbons (Fsp3) is 0.191. The number of para-hydroxylation sites is 2. The van der Waals surface area contributed by atoms with Crippen molar-refractivity contribution in [1.29, 1.82) is 0 Å². The van der Waals surface area contributed by atoms with Gasteiger partial charge in [-0.25, -0.2) is 0 Å². The molecule has 1 saturated carbocycles. The average Bonchev–Trinajstić information content (AvgIpc) is 3.23. The molecule has 2 N–H and O–H groups in total. The third kappa shape index (κ3) is 8.11. The van der Waals surface area contributed by atoms with Crippen LogP contribution in [0.4, 0.5) is 49.1 Å². The van der Waals surface area contributed by atoms with E-state index in [0.29, 0.717) is 16.9 Å². The van der Waals surface area contributed by atoms with E-state index in [0.717, 1.165) is 53.8 Å². The SMILES string of the molecule is COC1CCC(c2ccc(-c3ccc(Sc4cccc5c4C(=O)c4c(Nc6ccccc6C(F)(F)F)ccc(Nc6ccccc6C(F)(F)F)c4C5=O)cc3)cc2)CC1. The first-order chi connectivity index (χ1) is 28.3. The first-order valence-electron chi connectivity index (χ1n) is 19.0. The van der Waals surface area contributed by atoms with Crippen LogP contribution in [0.5, 0.6) is 0 Å². The number of halogens is 6. The Balaban J connectivity index is 1.13. The lowest BCUT2D eigenvalue weighted by Gasteiger charge is -2.27. The van der Waals surface area contributed by atoms with E-state index in [9.17, 15) is 35.9 Å². The Morgan fingerprint density at radius 2 is 1.05 bits per heavy atom. The van der Waals surface area contributed by atoms with Gasteiger partial charge in [-0.3, -0.25) is 9.59 Å². The Morgan fingerprint density at radius 3 is 1.58 bits per heavy atom. The fourth-order valence-corrected chi connectivity index (χ4v) is 8.95. The molecule has 0 amide bonds. The van der Waals surface area contributed by atoms with Gasteiger partial charge in [0.15, 0.2) is 11.6 Å². The summed E-state index contributed by atoms with van der Waals surface area (Å²) in [5.74, 6) is -0.851. The summed E-state index contributed by atoms with van der Waals surface area (Å²) in [6, 6.07) is 33.0. The summed E-state index contributed by atoms with van der Waals surface area (Å²) in [7, 11) is 1.77. The first-order valence-corrected chi connectivity index (χ1v) is 19.8. The highest BCUT2D eigenvalue weighted by molar-refractivity contribution is 7.99. The van der Waals surface area contributed by atoms with Crippen molar-refractivity contribution in [2.75, 3.05) is 17.7 Å². The maximum Gasteiger partial charge on any atom is 0.418 e. The third-order valence-corrected chi connectivity index (χ3v) is 12.0. The number of carbonyl (C=O) groups is 2. The highest BCUT2D eigenvalue weighted by Crippen LogP contribution is 2.45. The molecule has 0 atom stereocenters. The van der Waals surface area contributed by atoms with Crippen LogP contribution in [-0.2, 0) is 17.1 Å². The quantitative estimate of drug-likeness (QED) is 0.141. The van der Waals surface area contributed by atoms with Crippen molar-refractivity contribution in [3.8, 4) is 11.1 Å². The predicted molar refractivity (Wildman–Crippen MR) is 217 cm³/mol. The molecule has 1 fully saturated rings. The van der Waals surface area contributed by atoms with Crippen LogP contribution in [-0.4, -0.2) is 24.8 Å². The summed E-state index contributed by atoms with van der Waals surface area (Å²) >= 11 is 1.24. The zero-order chi connectivity index (χ0) is 41.5. The van der Waals surface area contributed by atoms with E-state index >= 15 is 0 Å². The molecule has 8 rings (SSSR count). The minimum Gasteiger partial charge on any atom is -0.381 e. The van der Waals surface area contributed by atoms with E-state index < -0.39 is 35.0 Å². The summed E-state index contributed by atoms with van der Waals surface area (Å²) in [6.45, 7) is 0. The van der Waals surface area contributed by atoms with E-state index in [2.05, 4.69) is 34.9 Å². The highest BCUT2D eigenvalue weighted by atomic mass is 32.2. The Morgan fingerprint density at radius 1 is 0.542 bits per heavy atom. The molecule has 5 nitrogen and oxygen atoms in total. The molecule has 0 aromatic heterocycles. The Labute approximate surface area is 340 Å². The van der Waals surface area contributed by atoms with Crippen LogP contribution in [0.25, 0.3) is 11.1 Å². The van der Waals surface area contributed by atoms with Crippen LogP contribution in [0, 0.1) is 0 Å².